The van der Waals surface area contributed by atoms with E-state index >= 15 is 0 Å². The third-order valence-electron chi connectivity index (χ3n) is 3.77. The van der Waals surface area contributed by atoms with Crippen molar-refractivity contribution in [3.05, 3.63) is 70.2 Å². The Labute approximate surface area is 163 Å². The van der Waals surface area contributed by atoms with Crippen molar-refractivity contribution < 1.29 is 24.0 Å². The topological polar surface area (TPSA) is 140 Å². The van der Waals surface area contributed by atoms with Gasteiger partial charge in [0.05, 0.1) is 17.7 Å². The number of aromatic nitrogens is 2. The van der Waals surface area contributed by atoms with Crippen LogP contribution in [0.15, 0.2) is 48.7 Å². The molecule has 0 aliphatic heterocycles. The van der Waals surface area contributed by atoms with Gasteiger partial charge in [-0.1, -0.05) is 18.2 Å². The number of rotatable bonds is 7. The normalized spacial score (nSPS) is 10.3. The van der Waals surface area contributed by atoms with Gasteiger partial charge in [-0.05, 0) is 12.1 Å². The molecule has 0 aliphatic rings. The molecular weight excluding hydrogens is 385 g/mol. The van der Waals surface area contributed by atoms with Gasteiger partial charge in [0.25, 0.3) is 0 Å². The van der Waals surface area contributed by atoms with Crippen LogP contribution in [0.5, 0.6) is 5.75 Å². The molecule has 0 radical (unpaired) electrons. The number of nitro groups is 1. The molecule has 0 amide bonds. The molecule has 3 N–H and O–H groups in total. The number of para-hydroxylation sites is 1. The Hall–Kier alpha value is -4.28. The summed E-state index contributed by atoms with van der Waals surface area (Å²) in [6.45, 7) is 0. The van der Waals surface area contributed by atoms with Gasteiger partial charge in [0.1, 0.15) is 11.3 Å². The zero-order valence-electron chi connectivity index (χ0n) is 14.9. The lowest BCUT2D eigenvalue weighted by molar-refractivity contribution is -0.387. The number of nitrogens with zero attached hydrogens (tertiary/aromatic N) is 3. The summed E-state index contributed by atoms with van der Waals surface area (Å²) in [5.41, 5.74) is -0.321. The zero-order valence-corrected chi connectivity index (χ0v) is 14.9. The highest BCUT2D eigenvalue weighted by molar-refractivity contribution is 5.94. The Balaban J connectivity index is 2.00. The minimum absolute atomic E-state index is 0.00298. The van der Waals surface area contributed by atoms with Crippen LogP contribution in [0.1, 0.15) is 10.4 Å². The van der Waals surface area contributed by atoms with E-state index in [9.17, 15) is 24.4 Å². The van der Waals surface area contributed by atoms with Crippen LogP contribution in [0.4, 0.5) is 33.2 Å². The Bertz CT molecular complexity index is 1080. The number of anilines is 4. The Kier molecular flexibility index (Phi) is 5.49. The van der Waals surface area contributed by atoms with E-state index in [-0.39, 0.29) is 28.8 Å². The Morgan fingerprint density at radius 3 is 2.59 bits per heavy atom. The third kappa shape index (κ3) is 4.35. The second-order valence-electron chi connectivity index (χ2n) is 5.64. The van der Waals surface area contributed by atoms with Crippen molar-refractivity contribution >= 4 is 34.8 Å². The monoisotopic (exact) mass is 399 g/mol. The van der Waals surface area contributed by atoms with Crippen LogP contribution in [0.3, 0.4) is 0 Å². The average Bonchev–Trinajstić information content (AvgIpc) is 2.69. The van der Waals surface area contributed by atoms with E-state index in [1.165, 1.54) is 7.11 Å². The van der Waals surface area contributed by atoms with Crippen LogP contribution in [-0.2, 0) is 0 Å². The number of carboxylic acids is 1. The summed E-state index contributed by atoms with van der Waals surface area (Å²) >= 11 is 0. The molecule has 29 heavy (non-hydrogen) atoms. The summed E-state index contributed by atoms with van der Waals surface area (Å²) in [5, 5.41) is 25.9. The number of benzene rings is 2. The van der Waals surface area contributed by atoms with Crippen molar-refractivity contribution in [2.75, 3.05) is 17.7 Å². The molecule has 148 valence electrons. The first-order valence-corrected chi connectivity index (χ1v) is 8.10. The fraction of sp³-hybridized carbons (Fsp3) is 0.0556. The number of methoxy groups -OCH3 is 1. The van der Waals surface area contributed by atoms with Crippen LogP contribution in [0, 0.1) is 15.9 Å². The summed E-state index contributed by atoms with van der Waals surface area (Å²) in [7, 11) is 1.27. The predicted octanol–water partition coefficient (Wildman–Crippen LogP) is 3.72. The van der Waals surface area contributed by atoms with Gasteiger partial charge in [0, 0.05) is 24.0 Å². The van der Waals surface area contributed by atoms with Gasteiger partial charge in [-0.25, -0.2) is 9.78 Å². The van der Waals surface area contributed by atoms with Gasteiger partial charge in [-0.3, -0.25) is 10.1 Å². The average molecular weight is 399 g/mol. The maximum Gasteiger partial charge on any atom is 0.341 e. The summed E-state index contributed by atoms with van der Waals surface area (Å²) in [5.74, 6) is -2.41. The molecular formula is C18H14FN5O5. The lowest BCUT2D eigenvalue weighted by Crippen LogP contribution is -2.09. The molecule has 0 unspecified atom stereocenters. The summed E-state index contributed by atoms with van der Waals surface area (Å²) in [6.07, 6.45) is 1.08. The van der Waals surface area contributed by atoms with E-state index < -0.39 is 22.4 Å². The highest BCUT2D eigenvalue weighted by Crippen LogP contribution is 2.33. The molecule has 1 aromatic heterocycles. The van der Waals surface area contributed by atoms with Crippen molar-refractivity contribution in [3.8, 4) is 5.75 Å². The number of hydrogen-bond acceptors (Lipinski definition) is 8. The molecule has 0 saturated heterocycles. The number of halogens is 1. The summed E-state index contributed by atoms with van der Waals surface area (Å²) in [4.78, 5) is 29.6. The van der Waals surface area contributed by atoms with Crippen molar-refractivity contribution in [3.63, 3.8) is 0 Å². The highest BCUT2D eigenvalue weighted by Gasteiger charge is 2.20. The van der Waals surface area contributed by atoms with Crippen LogP contribution in [0.25, 0.3) is 0 Å². The smallest absolute Gasteiger partial charge is 0.341 e. The van der Waals surface area contributed by atoms with Gasteiger partial charge >= 0.3 is 11.7 Å². The fourth-order valence-corrected chi connectivity index (χ4v) is 2.42. The first kappa shape index (κ1) is 19.5. The minimum atomic E-state index is -1.25. The number of carbonyl (C=O) groups is 1. The highest BCUT2D eigenvalue weighted by atomic mass is 19.1. The van der Waals surface area contributed by atoms with Gasteiger partial charge < -0.3 is 20.5 Å². The van der Waals surface area contributed by atoms with Crippen LogP contribution < -0.4 is 15.4 Å². The number of aromatic carboxylic acids is 1. The van der Waals surface area contributed by atoms with E-state index in [4.69, 9.17) is 4.74 Å². The largest absolute Gasteiger partial charge is 0.494 e. The SMILES string of the molecule is COc1cc(F)c([N+](=O)[O-])cc1Nc1ncc(C(=O)O)c(Nc2ccccc2)n1. The molecule has 0 aliphatic carbocycles. The van der Waals surface area contributed by atoms with E-state index in [1.807, 2.05) is 0 Å². The molecule has 3 rings (SSSR count). The maximum atomic E-state index is 13.8. The van der Waals surface area contributed by atoms with Gasteiger partial charge in [-0.2, -0.15) is 9.37 Å². The molecule has 0 atom stereocenters. The molecule has 0 spiro atoms. The molecule has 10 nitrogen and oxygen atoms in total. The van der Waals surface area contributed by atoms with Crippen molar-refractivity contribution in [1.29, 1.82) is 0 Å². The lowest BCUT2D eigenvalue weighted by atomic mass is 10.2. The molecule has 0 saturated carbocycles. The number of hydrogen-bond donors (Lipinski definition) is 3. The summed E-state index contributed by atoms with van der Waals surface area (Å²) in [6, 6.07) is 10.5. The predicted molar refractivity (Wildman–Crippen MR) is 102 cm³/mol. The molecule has 0 fully saturated rings. The first-order chi connectivity index (χ1) is 13.9. The Morgan fingerprint density at radius 1 is 1.24 bits per heavy atom. The first-order valence-electron chi connectivity index (χ1n) is 8.10. The van der Waals surface area contributed by atoms with Crippen LogP contribution in [0.2, 0.25) is 0 Å². The van der Waals surface area contributed by atoms with E-state index in [0.717, 1.165) is 18.3 Å². The number of nitro benzene ring substituents is 1. The number of nitrogens with one attached hydrogen (secondary N) is 2. The van der Waals surface area contributed by atoms with Gasteiger partial charge in [0.15, 0.2) is 5.82 Å². The van der Waals surface area contributed by atoms with E-state index in [0.29, 0.717) is 5.69 Å². The van der Waals surface area contributed by atoms with Gasteiger partial charge in [-0.15, -0.1) is 0 Å². The van der Waals surface area contributed by atoms with E-state index in [2.05, 4.69) is 20.6 Å². The van der Waals surface area contributed by atoms with Crippen molar-refractivity contribution in [2.45, 2.75) is 0 Å². The minimum Gasteiger partial charge on any atom is -0.494 e. The summed E-state index contributed by atoms with van der Waals surface area (Å²) < 4.78 is 18.8. The fourth-order valence-electron chi connectivity index (χ4n) is 2.42. The third-order valence-corrected chi connectivity index (χ3v) is 3.77. The van der Waals surface area contributed by atoms with Gasteiger partial charge in [0.2, 0.25) is 11.8 Å². The molecule has 1 heterocycles. The van der Waals surface area contributed by atoms with Crippen molar-refractivity contribution in [1.82, 2.24) is 9.97 Å². The number of carboxylic acid groups (broad SMARTS) is 1. The zero-order chi connectivity index (χ0) is 21.0. The molecule has 0 bridgehead atoms. The Morgan fingerprint density at radius 2 is 1.97 bits per heavy atom. The molecule has 2 aromatic carbocycles. The van der Waals surface area contributed by atoms with Crippen LogP contribution in [-0.4, -0.2) is 33.1 Å². The quantitative estimate of drug-likeness (QED) is 0.400. The molecule has 3 aromatic rings. The number of ether oxygens (including phenoxy) is 1. The standard InChI is InChI=1S/C18H14FN5O5/c1-29-15-7-12(19)14(24(27)28)8-13(15)22-18-20-9-11(17(25)26)16(23-18)21-10-5-3-2-4-6-10/h2-9H,1H3,(H,25,26)(H2,20,21,22,23). The second kappa shape index (κ2) is 8.17. The molecule has 11 heteroatoms. The van der Waals surface area contributed by atoms with E-state index in [1.54, 1.807) is 30.3 Å². The van der Waals surface area contributed by atoms with Crippen molar-refractivity contribution in [2.24, 2.45) is 0 Å². The second-order valence-corrected chi connectivity index (χ2v) is 5.64. The van der Waals surface area contributed by atoms with Crippen LogP contribution >= 0.6 is 0 Å². The maximum absolute atomic E-state index is 13.8. The lowest BCUT2D eigenvalue weighted by Gasteiger charge is -2.13.